The average Bonchev–Trinajstić information content (AvgIpc) is 2.66. The number of pyridine rings is 1. The van der Waals surface area contributed by atoms with Crippen LogP contribution in [0, 0.1) is 0 Å². The molecule has 1 heterocycles. The van der Waals surface area contributed by atoms with Crippen molar-refractivity contribution >= 4 is 29.1 Å². The zero-order valence-electron chi connectivity index (χ0n) is 14.0. The molecular weight excluding hydrogens is 372 g/mol. The zero-order valence-corrected chi connectivity index (χ0v) is 15.6. The lowest BCUT2D eigenvalue weighted by Crippen LogP contribution is -2.25. The Balaban J connectivity index is 2.66. The van der Waals surface area contributed by atoms with Crippen LogP contribution in [0.4, 0.5) is 0 Å². The second kappa shape index (κ2) is 9.73. The number of hydrazone groups is 1. The summed E-state index contributed by atoms with van der Waals surface area (Å²) in [6.07, 6.45) is 1.64. The molecule has 0 aliphatic heterocycles. The summed E-state index contributed by atoms with van der Waals surface area (Å²) in [7, 11) is 0. The fourth-order valence-electron chi connectivity index (χ4n) is 2.35. The molecule has 1 atom stereocenters. The van der Waals surface area contributed by atoms with Crippen LogP contribution in [0.25, 0.3) is 11.1 Å². The lowest BCUT2D eigenvalue weighted by Gasteiger charge is -2.17. The van der Waals surface area contributed by atoms with Gasteiger partial charge in [-0.15, -0.1) is 5.14 Å². The van der Waals surface area contributed by atoms with Crippen molar-refractivity contribution in [2.24, 2.45) is 33.3 Å². The highest BCUT2D eigenvalue weighted by atomic mass is 32.2. The molecule has 0 spiro atoms. The quantitative estimate of drug-likeness (QED) is 0.0640. The van der Waals surface area contributed by atoms with E-state index >= 15 is 0 Å². The second-order valence-electron chi connectivity index (χ2n) is 5.15. The van der Waals surface area contributed by atoms with Crippen LogP contribution in [0.5, 0.6) is 0 Å². The Kier molecular flexibility index (Phi) is 7.66. The average molecular weight is 395 g/mol. The highest BCUT2D eigenvalue weighted by molar-refractivity contribution is 7.98. The molecule has 0 saturated carbocycles. The van der Waals surface area contributed by atoms with Gasteiger partial charge in [-0.2, -0.15) is 5.10 Å². The summed E-state index contributed by atoms with van der Waals surface area (Å²) in [6.45, 7) is 1.32. The van der Waals surface area contributed by atoms with Crippen molar-refractivity contribution in [1.29, 1.82) is 0 Å². The summed E-state index contributed by atoms with van der Waals surface area (Å²) < 4.78 is 15.4. The molecule has 0 saturated heterocycles. The molecule has 11 heteroatoms. The van der Waals surface area contributed by atoms with Gasteiger partial charge in [0.15, 0.2) is 10.7 Å². The molecule has 1 aromatic carbocycles. The standard InChI is InChI=1S/C15H22N8OS2/c16-4-6-22-25-12-2-1-11(9-3-5-21-10(7-9)8-17)13(15(18)23-19)14(12)26(20)24/h1-3,5,7,22H,4,6,8,16-17,19-20H2,(H2,18,23). The van der Waals surface area contributed by atoms with Crippen LogP contribution >= 0.6 is 11.9 Å². The van der Waals surface area contributed by atoms with E-state index in [1.165, 1.54) is 11.9 Å². The molecule has 0 aliphatic carbocycles. The van der Waals surface area contributed by atoms with Crippen molar-refractivity contribution in [3.63, 3.8) is 0 Å². The fourth-order valence-corrected chi connectivity index (χ4v) is 4.11. The minimum Gasteiger partial charge on any atom is -0.593 e. The first kappa shape index (κ1) is 20.5. The van der Waals surface area contributed by atoms with Crippen molar-refractivity contribution in [2.45, 2.75) is 16.3 Å². The predicted octanol–water partition coefficient (Wildman–Crippen LogP) is -0.677. The van der Waals surface area contributed by atoms with Crippen LogP contribution in [0.3, 0.4) is 0 Å². The molecule has 1 unspecified atom stereocenters. The smallest absolute Gasteiger partial charge is 0.200 e. The Bertz CT molecular complexity index is 784. The van der Waals surface area contributed by atoms with Gasteiger partial charge in [0.1, 0.15) is 0 Å². The van der Waals surface area contributed by atoms with Crippen LogP contribution in [0.15, 0.2) is 45.4 Å². The molecule has 0 bridgehead atoms. The molecule has 9 nitrogen and oxygen atoms in total. The van der Waals surface area contributed by atoms with Crippen LogP contribution in [-0.2, 0) is 17.9 Å². The minimum absolute atomic E-state index is 0.0289. The van der Waals surface area contributed by atoms with E-state index in [4.69, 9.17) is 28.2 Å². The number of amidine groups is 1. The predicted molar refractivity (Wildman–Crippen MR) is 106 cm³/mol. The van der Waals surface area contributed by atoms with Crippen molar-refractivity contribution in [3.8, 4) is 11.1 Å². The molecule has 0 amide bonds. The van der Waals surface area contributed by atoms with Crippen LogP contribution in [0.1, 0.15) is 11.3 Å². The summed E-state index contributed by atoms with van der Waals surface area (Å²) in [6, 6.07) is 7.26. The van der Waals surface area contributed by atoms with E-state index in [0.717, 1.165) is 5.56 Å². The SMILES string of the molecule is NCCNSc1ccc(-c2ccnc(CN)c2)c(/C(N)=N/N)c1[S+](N)[O-]. The number of aromatic nitrogens is 1. The molecule has 0 aliphatic rings. The van der Waals surface area contributed by atoms with E-state index in [1.54, 1.807) is 18.3 Å². The topological polar surface area (TPSA) is 190 Å². The van der Waals surface area contributed by atoms with Gasteiger partial charge in [0, 0.05) is 25.8 Å². The van der Waals surface area contributed by atoms with E-state index in [9.17, 15) is 4.55 Å². The first-order valence-corrected chi connectivity index (χ1v) is 9.68. The maximum atomic E-state index is 12.3. The lowest BCUT2D eigenvalue weighted by atomic mass is 9.99. The summed E-state index contributed by atoms with van der Waals surface area (Å²) in [5, 5.41) is 9.32. The van der Waals surface area contributed by atoms with Gasteiger partial charge in [0.25, 0.3) is 0 Å². The summed E-state index contributed by atoms with van der Waals surface area (Å²) in [5.74, 6) is 5.43. The fraction of sp³-hybridized carbons (Fsp3) is 0.200. The van der Waals surface area contributed by atoms with Gasteiger partial charge in [-0.1, -0.05) is 6.07 Å². The molecule has 26 heavy (non-hydrogen) atoms. The third kappa shape index (κ3) is 4.65. The largest absolute Gasteiger partial charge is 0.593 e. The number of nitrogens with two attached hydrogens (primary N) is 5. The highest BCUT2D eigenvalue weighted by Gasteiger charge is 2.26. The number of nitrogens with one attached hydrogen (secondary N) is 1. The molecule has 11 N–H and O–H groups in total. The number of hydrogen-bond donors (Lipinski definition) is 6. The van der Waals surface area contributed by atoms with Crippen molar-refractivity contribution < 1.29 is 4.55 Å². The maximum absolute atomic E-state index is 12.3. The third-order valence-corrected chi connectivity index (χ3v) is 5.35. The lowest BCUT2D eigenvalue weighted by molar-refractivity contribution is 0.594. The van der Waals surface area contributed by atoms with Gasteiger partial charge in [-0.25, -0.2) is 0 Å². The summed E-state index contributed by atoms with van der Waals surface area (Å²) in [4.78, 5) is 5.17. The molecule has 2 aromatic rings. The van der Waals surface area contributed by atoms with Crippen LogP contribution in [0.2, 0.25) is 0 Å². The number of benzene rings is 1. The second-order valence-corrected chi connectivity index (χ2v) is 7.09. The van der Waals surface area contributed by atoms with E-state index in [0.29, 0.717) is 39.7 Å². The van der Waals surface area contributed by atoms with Gasteiger partial charge in [0.05, 0.1) is 27.5 Å². The summed E-state index contributed by atoms with van der Waals surface area (Å²) >= 11 is -0.553. The summed E-state index contributed by atoms with van der Waals surface area (Å²) in [5.41, 5.74) is 19.8. The molecule has 0 radical (unpaired) electrons. The third-order valence-electron chi connectivity index (χ3n) is 3.48. The van der Waals surface area contributed by atoms with Gasteiger partial charge in [0.2, 0.25) is 0 Å². The van der Waals surface area contributed by atoms with E-state index in [-0.39, 0.29) is 12.4 Å². The highest BCUT2D eigenvalue weighted by Crippen LogP contribution is 2.34. The Labute approximate surface area is 159 Å². The monoisotopic (exact) mass is 394 g/mol. The van der Waals surface area contributed by atoms with E-state index < -0.39 is 11.4 Å². The van der Waals surface area contributed by atoms with Gasteiger partial charge < -0.3 is 27.6 Å². The van der Waals surface area contributed by atoms with Crippen LogP contribution in [-0.4, -0.2) is 28.5 Å². The Morgan fingerprint density at radius 2 is 2.08 bits per heavy atom. The van der Waals surface area contributed by atoms with E-state index in [1.807, 2.05) is 12.1 Å². The number of rotatable bonds is 8. The normalized spacial score (nSPS) is 13.0. The molecule has 2 rings (SSSR count). The first-order chi connectivity index (χ1) is 12.5. The van der Waals surface area contributed by atoms with Crippen LogP contribution < -0.4 is 32.9 Å². The number of hydrogen-bond acceptors (Lipinski definition) is 9. The van der Waals surface area contributed by atoms with Gasteiger partial charge in [-0.05, 0) is 41.3 Å². The number of nitrogens with zero attached hydrogens (tertiary/aromatic N) is 2. The van der Waals surface area contributed by atoms with Crippen molar-refractivity contribution in [3.05, 3.63) is 41.7 Å². The van der Waals surface area contributed by atoms with Gasteiger partial charge in [-0.3, -0.25) is 9.71 Å². The van der Waals surface area contributed by atoms with E-state index in [2.05, 4.69) is 14.8 Å². The molecule has 1 aromatic heterocycles. The Morgan fingerprint density at radius 1 is 1.31 bits per heavy atom. The molecule has 0 fully saturated rings. The molecule has 140 valence electrons. The minimum atomic E-state index is -1.82. The van der Waals surface area contributed by atoms with Crippen molar-refractivity contribution in [2.75, 3.05) is 13.1 Å². The Hall–Kier alpha value is -1.86. The Morgan fingerprint density at radius 3 is 2.69 bits per heavy atom. The maximum Gasteiger partial charge on any atom is 0.200 e. The first-order valence-electron chi connectivity index (χ1n) is 7.65. The molecular formula is C15H22N8OS2. The zero-order chi connectivity index (χ0) is 19.1. The van der Waals surface area contributed by atoms with Gasteiger partial charge >= 0.3 is 0 Å². The van der Waals surface area contributed by atoms with Crippen molar-refractivity contribution in [1.82, 2.24) is 9.71 Å².